The summed E-state index contributed by atoms with van der Waals surface area (Å²) in [7, 11) is 0. The molecule has 0 saturated carbocycles. The van der Waals surface area contributed by atoms with Crippen LogP contribution in [0.3, 0.4) is 0 Å². The molecule has 1 aliphatic carbocycles. The molecule has 23 heavy (non-hydrogen) atoms. The molecular weight excluding hydrogens is 306 g/mol. The zero-order chi connectivity index (χ0) is 16.0. The number of fused-ring (bicyclic) bond motifs is 3. The third-order valence-electron chi connectivity index (χ3n) is 5.52. The van der Waals surface area contributed by atoms with E-state index in [1.54, 1.807) is 11.3 Å². The van der Waals surface area contributed by atoms with Gasteiger partial charge in [-0.1, -0.05) is 13.3 Å². The number of likely N-dealkylation sites (tertiary alicyclic amines) is 1. The average Bonchev–Trinajstić information content (AvgIpc) is 2.92. The molecule has 4 nitrogen and oxygen atoms in total. The van der Waals surface area contributed by atoms with E-state index in [1.807, 2.05) is 0 Å². The van der Waals surface area contributed by atoms with Gasteiger partial charge in [0.15, 0.2) is 0 Å². The summed E-state index contributed by atoms with van der Waals surface area (Å²) in [5, 5.41) is 0.867. The fourth-order valence-electron chi connectivity index (χ4n) is 4.04. The van der Waals surface area contributed by atoms with Crippen LogP contribution < -0.4 is 5.56 Å². The van der Waals surface area contributed by atoms with Gasteiger partial charge in [0.1, 0.15) is 10.7 Å². The molecule has 2 atom stereocenters. The highest BCUT2D eigenvalue weighted by Gasteiger charge is 2.25. The highest BCUT2D eigenvalue weighted by molar-refractivity contribution is 7.18. The second kappa shape index (κ2) is 6.02. The highest BCUT2D eigenvalue weighted by atomic mass is 32.1. The lowest BCUT2D eigenvalue weighted by Crippen LogP contribution is -2.34. The fourth-order valence-corrected chi connectivity index (χ4v) is 5.43. The summed E-state index contributed by atoms with van der Waals surface area (Å²) in [6.07, 6.45) is 7.14. The number of piperidine rings is 1. The number of hydrogen-bond donors (Lipinski definition) is 1. The van der Waals surface area contributed by atoms with E-state index in [1.165, 1.54) is 36.1 Å². The van der Waals surface area contributed by atoms with E-state index >= 15 is 0 Å². The molecule has 5 heteroatoms. The Labute approximate surface area is 140 Å². The van der Waals surface area contributed by atoms with Gasteiger partial charge in [-0.15, -0.1) is 11.3 Å². The smallest absolute Gasteiger partial charge is 0.259 e. The third kappa shape index (κ3) is 2.74. The fraction of sp³-hybridized carbons (Fsp3) is 0.667. The van der Waals surface area contributed by atoms with E-state index in [2.05, 4.69) is 23.7 Å². The van der Waals surface area contributed by atoms with Gasteiger partial charge in [0.05, 0.1) is 11.4 Å². The van der Waals surface area contributed by atoms with Crippen molar-refractivity contribution < 1.29 is 0 Å². The van der Waals surface area contributed by atoms with Crippen LogP contribution in [0.5, 0.6) is 0 Å². The summed E-state index contributed by atoms with van der Waals surface area (Å²) in [6, 6.07) is 0.199. The third-order valence-corrected chi connectivity index (χ3v) is 6.67. The first-order valence-electron chi connectivity index (χ1n) is 8.92. The summed E-state index contributed by atoms with van der Waals surface area (Å²) in [5.41, 5.74) is 1.34. The summed E-state index contributed by atoms with van der Waals surface area (Å²) < 4.78 is 0. The van der Waals surface area contributed by atoms with Gasteiger partial charge in [-0.2, -0.15) is 0 Å². The molecule has 3 heterocycles. The second-order valence-corrected chi connectivity index (χ2v) is 8.34. The molecule has 4 rings (SSSR count). The predicted molar refractivity (Wildman–Crippen MR) is 95.3 cm³/mol. The number of nitrogens with one attached hydrogen (secondary N) is 1. The Morgan fingerprint density at radius 1 is 1.30 bits per heavy atom. The molecule has 0 radical (unpaired) electrons. The van der Waals surface area contributed by atoms with Crippen molar-refractivity contribution in [3.05, 3.63) is 26.6 Å². The monoisotopic (exact) mass is 331 g/mol. The molecule has 1 N–H and O–H groups in total. The van der Waals surface area contributed by atoms with Gasteiger partial charge < -0.3 is 4.98 Å². The Morgan fingerprint density at radius 2 is 2.09 bits per heavy atom. The van der Waals surface area contributed by atoms with Crippen molar-refractivity contribution in [1.29, 1.82) is 0 Å². The van der Waals surface area contributed by atoms with Crippen molar-refractivity contribution in [1.82, 2.24) is 14.9 Å². The Balaban J connectivity index is 1.74. The van der Waals surface area contributed by atoms with Gasteiger partial charge in [0.25, 0.3) is 5.56 Å². The van der Waals surface area contributed by atoms with Gasteiger partial charge in [0, 0.05) is 4.88 Å². The number of thiophene rings is 1. The number of nitrogens with zero attached hydrogens (tertiary/aromatic N) is 2. The van der Waals surface area contributed by atoms with E-state index in [4.69, 9.17) is 4.98 Å². The lowest BCUT2D eigenvalue weighted by Gasteiger charge is -2.31. The van der Waals surface area contributed by atoms with Crippen LogP contribution in [0.2, 0.25) is 0 Å². The maximum Gasteiger partial charge on any atom is 0.259 e. The average molecular weight is 331 g/mol. The van der Waals surface area contributed by atoms with Crippen LogP contribution in [-0.2, 0) is 12.8 Å². The second-order valence-electron chi connectivity index (χ2n) is 7.26. The van der Waals surface area contributed by atoms with Crippen molar-refractivity contribution in [3.63, 3.8) is 0 Å². The summed E-state index contributed by atoms with van der Waals surface area (Å²) >= 11 is 1.75. The standard InChI is InChI=1S/C18H25N3OS/c1-11-6-7-13-14(10-11)23-18-15(13)17(22)19-16(20-18)12(2)21-8-4-3-5-9-21/h11-12H,3-10H2,1-2H3,(H,19,20,22). The van der Waals surface area contributed by atoms with Crippen LogP contribution in [0, 0.1) is 5.92 Å². The van der Waals surface area contributed by atoms with E-state index in [0.29, 0.717) is 0 Å². The van der Waals surface area contributed by atoms with E-state index in [9.17, 15) is 4.79 Å². The van der Waals surface area contributed by atoms with Crippen molar-refractivity contribution in [2.45, 2.75) is 58.4 Å². The first-order chi connectivity index (χ1) is 11.1. The van der Waals surface area contributed by atoms with Gasteiger partial charge in [-0.05, 0) is 63.6 Å². The van der Waals surface area contributed by atoms with Crippen LogP contribution in [0.15, 0.2) is 4.79 Å². The first kappa shape index (κ1) is 15.3. The number of aromatic nitrogens is 2. The molecule has 0 amide bonds. The van der Waals surface area contributed by atoms with Gasteiger partial charge >= 0.3 is 0 Å². The summed E-state index contributed by atoms with van der Waals surface area (Å²) in [5.74, 6) is 1.57. The molecular formula is C18H25N3OS. The van der Waals surface area contributed by atoms with E-state index in [-0.39, 0.29) is 11.6 Å². The molecule has 0 aromatic carbocycles. The van der Waals surface area contributed by atoms with E-state index < -0.39 is 0 Å². The molecule has 0 spiro atoms. The van der Waals surface area contributed by atoms with Gasteiger partial charge in [0.2, 0.25) is 0 Å². The van der Waals surface area contributed by atoms with Crippen LogP contribution in [0.25, 0.3) is 10.2 Å². The molecule has 1 aliphatic heterocycles. The van der Waals surface area contributed by atoms with Gasteiger partial charge in [-0.3, -0.25) is 9.69 Å². The Bertz CT molecular complexity index is 772. The Morgan fingerprint density at radius 3 is 2.87 bits per heavy atom. The highest BCUT2D eigenvalue weighted by Crippen LogP contribution is 2.36. The molecule has 2 aromatic heterocycles. The Hall–Kier alpha value is -1.20. The Kier molecular flexibility index (Phi) is 4.01. The SMILES string of the molecule is CC1CCc2c(sc3nc(C(C)N4CCCCC4)[nH]c(=O)c23)C1. The molecule has 124 valence electrons. The van der Waals surface area contributed by atoms with Crippen LogP contribution in [-0.4, -0.2) is 28.0 Å². The molecule has 1 saturated heterocycles. The van der Waals surface area contributed by atoms with Crippen molar-refractivity contribution in [3.8, 4) is 0 Å². The number of H-pyrrole nitrogens is 1. The van der Waals surface area contributed by atoms with Gasteiger partial charge in [-0.25, -0.2) is 4.98 Å². The van der Waals surface area contributed by atoms with Crippen LogP contribution in [0.1, 0.15) is 61.8 Å². The quantitative estimate of drug-likeness (QED) is 0.913. The lowest BCUT2D eigenvalue weighted by molar-refractivity contribution is 0.169. The minimum absolute atomic E-state index is 0.0703. The maximum absolute atomic E-state index is 12.7. The maximum atomic E-state index is 12.7. The molecule has 2 unspecified atom stereocenters. The van der Waals surface area contributed by atoms with Crippen molar-refractivity contribution in [2.24, 2.45) is 5.92 Å². The number of aryl methyl sites for hydroxylation is 1. The first-order valence-corrected chi connectivity index (χ1v) is 9.73. The predicted octanol–water partition coefficient (Wildman–Crippen LogP) is 3.66. The normalized spacial score (nSPS) is 23.8. The molecule has 2 aromatic rings. The summed E-state index contributed by atoms with van der Waals surface area (Å²) in [6.45, 7) is 6.70. The minimum atomic E-state index is 0.0703. The number of hydrogen-bond acceptors (Lipinski definition) is 4. The zero-order valence-electron chi connectivity index (χ0n) is 14.0. The molecule has 2 aliphatic rings. The van der Waals surface area contributed by atoms with Crippen molar-refractivity contribution >= 4 is 21.6 Å². The molecule has 1 fully saturated rings. The topological polar surface area (TPSA) is 49.0 Å². The lowest BCUT2D eigenvalue weighted by atomic mass is 9.89. The largest absolute Gasteiger partial charge is 0.309 e. The number of rotatable bonds is 2. The minimum Gasteiger partial charge on any atom is -0.309 e. The molecule has 0 bridgehead atoms. The van der Waals surface area contributed by atoms with E-state index in [0.717, 1.165) is 47.9 Å². The van der Waals surface area contributed by atoms with Crippen LogP contribution in [0.4, 0.5) is 0 Å². The van der Waals surface area contributed by atoms with Crippen molar-refractivity contribution in [2.75, 3.05) is 13.1 Å². The van der Waals surface area contributed by atoms with Crippen LogP contribution >= 0.6 is 11.3 Å². The number of aromatic amines is 1. The summed E-state index contributed by atoms with van der Waals surface area (Å²) in [4.78, 5) is 25.4. The zero-order valence-corrected chi connectivity index (χ0v) is 14.8.